The van der Waals surface area contributed by atoms with E-state index in [1.807, 2.05) is 19.2 Å². The number of carbonyl (C=O) groups is 1. The van der Waals surface area contributed by atoms with Crippen LogP contribution in [-0.4, -0.2) is 37.0 Å². The average molecular weight is 321 g/mol. The minimum Gasteiger partial charge on any atom is -0.354 e. The fraction of sp³-hybridized carbons (Fsp3) is 0.611. The number of halogens is 1. The van der Waals surface area contributed by atoms with Gasteiger partial charge in [0.1, 0.15) is 0 Å². The first-order valence-electron chi connectivity index (χ1n) is 8.32. The molecule has 0 heterocycles. The highest BCUT2D eigenvalue weighted by Gasteiger charge is 2.36. The number of likely N-dealkylation sites (N-methyl/N-ethyl adjacent to an activating group) is 1. The zero-order chi connectivity index (χ0) is 15.6. The standard InChI is InChI=1S/C18H25ClN2O/c1-21(16-7-8-16)12-17(22)20-13-18(9-2-3-10-18)14-5-4-6-15(19)11-14/h4-6,11,16H,2-3,7-10,12-13H2,1H3,(H,20,22). The van der Waals surface area contributed by atoms with Crippen LogP contribution in [0.3, 0.4) is 0 Å². The molecule has 3 rings (SSSR count). The molecule has 0 atom stereocenters. The van der Waals surface area contributed by atoms with Gasteiger partial charge in [-0.2, -0.15) is 0 Å². The number of hydrogen-bond donors (Lipinski definition) is 1. The summed E-state index contributed by atoms with van der Waals surface area (Å²) < 4.78 is 0. The van der Waals surface area contributed by atoms with Gasteiger partial charge < -0.3 is 5.32 Å². The molecule has 2 saturated carbocycles. The van der Waals surface area contributed by atoms with Crippen molar-refractivity contribution in [1.29, 1.82) is 0 Å². The van der Waals surface area contributed by atoms with Crippen LogP contribution in [0.2, 0.25) is 5.02 Å². The van der Waals surface area contributed by atoms with E-state index < -0.39 is 0 Å². The number of nitrogens with zero attached hydrogens (tertiary/aromatic N) is 1. The molecule has 0 radical (unpaired) electrons. The van der Waals surface area contributed by atoms with Gasteiger partial charge in [-0.05, 0) is 50.4 Å². The normalized spacial score (nSPS) is 20.3. The van der Waals surface area contributed by atoms with Crippen molar-refractivity contribution in [2.45, 2.75) is 50.0 Å². The van der Waals surface area contributed by atoms with Gasteiger partial charge >= 0.3 is 0 Å². The third kappa shape index (κ3) is 3.64. The molecule has 0 unspecified atom stereocenters. The Hall–Kier alpha value is -1.06. The molecule has 0 saturated heterocycles. The van der Waals surface area contributed by atoms with E-state index >= 15 is 0 Å². The lowest BCUT2D eigenvalue weighted by Crippen LogP contribution is -2.43. The molecule has 0 spiro atoms. The number of benzene rings is 1. The zero-order valence-corrected chi connectivity index (χ0v) is 14.0. The van der Waals surface area contributed by atoms with E-state index in [0.717, 1.165) is 24.4 Å². The van der Waals surface area contributed by atoms with Gasteiger partial charge in [0.2, 0.25) is 5.91 Å². The summed E-state index contributed by atoms with van der Waals surface area (Å²) in [4.78, 5) is 14.4. The molecular formula is C18H25ClN2O. The predicted molar refractivity (Wildman–Crippen MR) is 90.3 cm³/mol. The third-order valence-electron chi connectivity index (χ3n) is 5.18. The van der Waals surface area contributed by atoms with E-state index in [0.29, 0.717) is 12.6 Å². The Balaban J connectivity index is 1.63. The first-order chi connectivity index (χ1) is 10.6. The lowest BCUT2D eigenvalue weighted by molar-refractivity contribution is -0.122. The summed E-state index contributed by atoms with van der Waals surface area (Å²) in [6, 6.07) is 8.77. The Morgan fingerprint density at radius 1 is 1.36 bits per heavy atom. The van der Waals surface area contributed by atoms with E-state index in [2.05, 4.69) is 22.3 Å². The second-order valence-electron chi connectivity index (χ2n) is 6.92. The monoisotopic (exact) mass is 320 g/mol. The Labute approximate surface area is 138 Å². The highest BCUT2D eigenvalue weighted by atomic mass is 35.5. The molecule has 0 bridgehead atoms. The molecule has 1 amide bonds. The van der Waals surface area contributed by atoms with Gasteiger partial charge in [0.25, 0.3) is 0 Å². The Kier molecular flexibility index (Phi) is 4.74. The van der Waals surface area contributed by atoms with E-state index in [-0.39, 0.29) is 11.3 Å². The Morgan fingerprint density at radius 2 is 2.09 bits per heavy atom. The van der Waals surface area contributed by atoms with Crippen LogP contribution in [0.5, 0.6) is 0 Å². The predicted octanol–water partition coefficient (Wildman–Crippen LogP) is 3.36. The first-order valence-corrected chi connectivity index (χ1v) is 8.70. The minimum absolute atomic E-state index is 0.0682. The fourth-order valence-corrected chi connectivity index (χ4v) is 3.82. The van der Waals surface area contributed by atoms with Crippen molar-refractivity contribution in [3.8, 4) is 0 Å². The quantitative estimate of drug-likeness (QED) is 0.871. The summed E-state index contributed by atoms with van der Waals surface area (Å²) in [5.74, 6) is 0.141. The third-order valence-corrected chi connectivity index (χ3v) is 5.42. The summed E-state index contributed by atoms with van der Waals surface area (Å²) >= 11 is 6.16. The van der Waals surface area contributed by atoms with Crippen molar-refractivity contribution in [2.75, 3.05) is 20.1 Å². The molecule has 2 fully saturated rings. The molecule has 2 aliphatic carbocycles. The van der Waals surface area contributed by atoms with Crippen molar-refractivity contribution >= 4 is 17.5 Å². The molecule has 120 valence electrons. The maximum absolute atomic E-state index is 12.2. The van der Waals surface area contributed by atoms with E-state index in [4.69, 9.17) is 11.6 Å². The highest BCUT2D eigenvalue weighted by Crippen LogP contribution is 2.41. The van der Waals surface area contributed by atoms with Crippen LogP contribution in [0.25, 0.3) is 0 Å². The smallest absolute Gasteiger partial charge is 0.234 e. The van der Waals surface area contributed by atoms with Crippen molar-refractivity contribution in [1.82, 2.24) is 10.2 Å². The van der Waals surface area contributed by atoms with Crippen LogP contribution >= 0.6 is 11.6 Å². The fourth-order valence-electron chi connectivity index (χ4n) is 3.63. The van der Waals surface area contributed by atoms with E-state index in [1.165, 1.54) is 31.2 Å². The van der Waals surface area contributed by atoms with Crippen LogP contribution < -0.4 is 5.32 Å². The van der Waals surface area contributed by atoms with Crippen molar-refractivity contribution in [3.05, 3.63) is 34.9 Å². The first kappa shape index (κ1) is 15.8. The molecule has 3 nitrogen and oxygen atoms in total. The second-order valence-corrected chi connectivity index (χ2v) is 7.36. The van der Waals surface area contributed by atoms with Gasteiger partial charge in [-0.3, -0.25) is 9.69 Å². The zero-order valence-electron chi connectivity index (χ0n) is 13.3. The van der Waals surface area contributed by atoms with Crippen LogP contribution in [0.4, 0.5) is 0 Å². The molecule has 0 aromatic heterocycles. The lowest BCUT2D eigenvalue weighted by Gasteiger charge is -2.30. The maximum atomic E-state index is 12.2. The van der Waals surface area contributed by atoms with E-state index in [9.17, 15) is 4.79 Å². The van der Waals surface area contributed by atoms with Gasteiger partial charge in [-0.1, -0.05) is 36.6 Å². The minimum atomic E-state index is 0.0682. The summed E-state index contributed by atoms with van der Waals surface area (Å²) in [5.41, 5.74) is 1.34. The van der Waals surface area contributed by atoms with E-state index in [1.54, 1.807) is 0 Å². The summed E-state index contributed by atoms with van der Waals surface area (Å²) in [7, 11) is 2.04. The Morgan fingerprint density at radius 3 is 2.73 bits per heavy atom. The van der Waals surface area contributed by atoms with Gasteiger partial charge in [-0.25, -0.2) is 0 Å². The SMILES string of the molecule is CN(CC(=O)NCC1(c2cccc(Cl)c2)CCCC1)C1CC1. The lowest BCUT2D eigenvalue weighted by atomic mass is 9.79. The summed E-state index contributed by atoms with van der Waals surface area (Å²) in [6.07, 6.45) is 7.18. The van der Waals surface area contributed by atoms with Crippen LogP contribution in [-0.2, 0) is 10.2 Å². The molecular weight excluding hydrogens is 296 g/mol. The molecule has 2 aliphatic rings. The maximum Gasteiger partial charge on any atom is 0.234 e. The molecule has 0 aliphatic heterocycles. The van der Waals surface area contributed by atoms with Crippen molar-refractivity contribution in [2.24, 2.45) is 0 Å². The van der Waals surface area contributed by atoms with Crippen LogP contribution in [0.15, 0.2) is 24.3 Å². The molecule has 22 heavy (non-hydrogen) atoms. The second kappa shape index (κ2) is 6.59. The van der Waals surface area contributed by atoms with Crippen molar-refractivity contribution < 1.29 is 4.79 Å². The van der Waals surface area contributed by atoms with Gasteiger partial charge in [0, 0.05) is 23.0 Å². The Bertz CT molecular complexity index is 536. The number of nitrogens with one attached hydrogen (secondary N) is 1. The summed E-state index contributed by atoms with van der Waals surface area (Å²) in [5, 5.41) is 3.95. The molecule has 1 aromatic carbocycles. The number of hydrogen-bond acceptors (Lipinski definition) is 2. The topological polar surface area (TPSA) is 32.3 Å². The van der Waals surface area contributed by atoms with Crippen LogP contribution in [0.1, 0.15) is 44.1 Å². The van der Waals surface area contributed by atoms with Gasteiger partial charge in [0.15, 0.2) is 0 Å². The average Bonchev–Trinajstić information content (AvgIpc) is 3.24. The summed E-state index contributed by atoms with van der Waals surface area (Å²) in [6.45, 7) is 1.24. The molecule has 4 heteroatoms. The van der Waals surface area contributed by atoms with Gasteiger partial charge in [0.05, 0.1) is 6.54 Å². The highest BCUT2D eigenvalue weighted by molar-refractivity contribution is 6.30. The number of rotatable bonds is 6. The molecule has 1 aromatic rings. The number of amides is 1. The largest absolute Gasteiger partial charge is 0.354 e. The van der Waals surface area contributed by atoms with Crippen molar-refractivity contribution in [3.63, 3.8) is 0 Å². The number of carbonyl (C=O) groups excluding carboxylic acids is 1. The van der Waals surface area contributed by atoms with Crippen LogP contribution in [0, 0.1) is 0 Å². The van der Waals surface area contributed by atoms with Gasteiger partial charge in [-0.15, -0.1) is 0 Å². The molecule has 1 N–H and O–H groups in total.